The smallest absolute Gasteiger partial charge is 0.227 e. The fourth-order valence-corrected chi connectivity index (χ4v) is 3.80. The third-order valence-corrected chi connectivity index (χ3v) is 6.13. The predicted octanol–water partition coefficient (Wildman–Crippen LogP) is 1.45. The fraction of sp³-hybridized carbons (Fsp3) is 0.500. The van der Waals surface area contributed by atoms with Crippen LogP contribution in [0.1, 0.15) is 24.2 Å². The quantitative estimate of drug-likeness (QED) is 0.789. The van der Waals surface area contributed by atoms with Crippen molar-refractivity contribution in [2.75, 3.05) is 26.3 Å². The molecule has 0 aliphatic carbocycles. The Hall–Kier alpha value is -1.31. The van der Waals surface area contributed by atoms with Gasteiger partial charge in [0.15, 0.2) is 5.78 Å². The molecule has 1 fully saturated rings. The molecular formula is C14H18FNO4S. The second kappa shape index (κ2) is 5.82. The molecule has 0 N–H and O–H groups in total. The van der Waals surface area contributed by atoms with Crippen molar-refractivity contribution in [2.45, 2.75) is 18.6 Å². The summed E-state index contributed by atoms with van der Waals surface area (Å²) in [4.78, 5) is 12.5. The Balaban J connectivity index is 2.31. The number of Topliss-reactive ketones (excluding diaryl/α,β-unsaturated/α-hetero) is 1. The molecule has 0 spiro atoms. The van der Waals surface area contributed by atoms with Gasteiger partial charge in [-0.2, -0.15) is 4.31 Å². The lowest BCUT2D eigenvalue weighted by molar-refractivity contribution is 0.0711. The molecule has 1 aliphatic heterocycles. The molecule has 7 heteroatoms. The van der Waals surface area contributed by atoms with Crippen LogP contribution in [0.2, 0.25) is 0 Å². The summed E-state index contributed by atoms with van der Waals surface area (Å²) in [5, 5.41) is 0. The summed E-state index contributed by atoms with van der Waals surface area (Å²) < 4.78 is 43.0. The Morgan fingerprint density at radius 2 is 1.71 bits per heavy atom. The normalized spacial score (nSPS) is 17.7. The van der Waals surface area contributed by atoms with Gasteiger partial charge >= 0.3 is 0 Å². The molecule has 1 saturated heterocycles. The number of sulfonamides is 1. The summed E-state index contributed by atoms with van der Waals surface area (Å²) in [5.41, 5.74) is 0.179. The number of hydrogen-bond acceptors (Lipinski definition) is 4. The molecule has 0 unspecified atom stereocenters. The first-order valence-electron chi connectivity index (χ1n) is 6.64. The predicted molar refractivity (Wildman–Crippen MR) is 76.1 cm³/mol. The molecule has 0 amide bonds. The van der Waals surface area contributed by atoms with Crippen LogP contribution in [0.4, 0.5) is 4.39 Å². The van der Waals surface area contributed by atoms with Crippen LogP contribution < -0.4 is 0 Å². The molecular weight excluding hydrogens is 297 g/mol. The first kappa shape index (κ1) is 16.1. The largest absolute Gasteiger partial charge is 0.379 e. The molecule has 5 nitrogen and oxygen atoms in total. The molecule has 0 aromatic heterocycles. The Labute approximate surface area is 123 Å². The summed E-state index contributed by atoms with van der Waals surface area (Å²) in [6.45, 7) is 3.87. The second-order valence-corrected chi connectivity index (χ2v) is 7.85. The maximum absolute atomic E-state index is 12.9. The van der Waals surface area contributed by atoms with E-state index in [-0.39, 0.29) is 18.7 Å². The van der Waals surface area contributed by atoms with E-state index in [4.69, 9.17) is 4.74 Å². The van der Waals surface area contributed by atoms with Gasteiger partial charge < -0.3 is 4.74 Å². The highest BCUT2D eigenvalue weighted by atomic mass is 32.2. The van der Waals surface area contributed by atoms with Crippen molar-refractivity contribution < 1.29 is 22.3 Å². The maximum atomic E-state index is 12.9. The molecule has 1 aromatic carbocycles. The Morgan fingerprint density at radius 1 is 1.19 bits per heavy atom. The molecule has 1 aliphatic rings. The van der Waals surface area contributed by atoms with Crippen LogP contribution in [0.3, 0.4) is 0 Å². The average Bonchev–Trinajstić information content (AvgIpc) is 2.48. The van der Waals surface area contributed by atoms with Crippen LogP contribution in [0.25, 0.3) is 0 Å². The van der Waals surface area contributed by atoms with Crippen LogP contribution in [0.15, 0.2) is 24.3 Å². The summed E-state index contributed by atoms with van der Waals surface area (Å²) in [6.07, 6.45) is 0. The van der Waals surface area contributed by atoms with Gasteiger partial charge in [0.25, 0.3) is 0 Å². The summed E-state index contributed by atoms with van der Waals surface area (Å²) >= 11 is 0. The van der Waals surface area contributed by atoms with Crippen LogP contribution in [0.5, 0.6) is 0 Å². The number of ketones is 1. The van der Waals surface area contributed by atoms with Gasteiger partial charge in [-0.1, -0.05) is 0 Å². The van der Waals surface area contributed by atoms with Crippen LogP contribution in [-0.4, -0.2) is 49.6 Å². The zero-order chi connectivity index (χ0) is 15.7. The van der Waals surface area contributed by atoms with E-state index in [0.29, 0.717) is 13.2 Å². The lowest BCUT2D eigenvalue weighted by Crippen LogP contribution is -2.52. The van der Waals surface area contributed by atoms with Gasteiger partial charge in [0, 0.05) is 18.7 Å². The Morgan fingerprint density at radius 3 is 2.24 bits per heavy atom. The Bertz CT molecular complexity index is 619. The molecule has 2 rings (SSSR count). The van der Waals surface area contributed by atoms with E-state index in [1.165, 1.54) is 30.3 Å². The topological polar surface area (TPSA) is 63.7 Å². The van der Waals surface area contributed by atoms with Crippen molar-refractivity contribution >= 4 is 15.8 Å². The van der Waals surface area contributed by atoms with Gasteiger partial charge in [-0.05, 0) is 38.1 Å². The van der Waals surface area contributed by atoms with E-state index < -0.39 is 26.4 Å². The molecule has 116 valence electrons. The standard InChI is InChI=1S/C14H18FNO4S/c1-14(2,13(17)11-3-5-12(15)6-4-11)21(18,19)16-7-9-20-10-8-16/h3-6H,7-10H2,1-2H3. The molecule has 1 heterocycles. The van der Waals surface area contributed by atoms with Gasteiger partial charge in [0.05, 0.1) is 13.2 Å². The van der Waals surface area contributed by atoms with Gasteiger partial charge in [-0.15, -0.1) is 0 Å². The zero-order valence-corrected chi connectivity index (χ0v) is 12.8. The van der Waals surface area contributed by atoms with Gasteiger partial charge in [-0.25, -0.2) is 12.8 Å². The highest BCUT2D eigenvalue weighted by molar-refractivity contribution is 7.91. The van der Waals surface area contributed by atoms with Crippen molar-refractivity contribution in [3.05, 3.63) is 35.6 Å². The van der Waals surface area contributed by atoms with E-state index in [1.807, 2.05) is 0 Å². The summed E-state index contributed by atoms with van der Waals surface area (Å²) in [7, 11) is -3.81. The monoisotopic (exact) mass is 315 g/mol. The number of rotatable bonds is 4. The number of halogens is 1. The van der Waals surface area contributed by atoms with Crippen molar-refractivity contribution in [1.29, 1.82) is 0 Å². The number of hydrogen-bond donors (Lipinski definition) is 0. The first-order valence-corrected chi connectivity index (χ1v) is 8.08. The van der Waals surface area contributed by atoms with Crippen LogP contribution in [-0.2, 0) is 14.8 Å². The third-order valence-electron chi connectivity index (χ3n) is 3.61. The lowest BCUT2D eigenvalue weighted by atomic mass is 10.0. The van der Waals surface area contributed by atoms with E-state index in [0.717, 1.165) is 12.1 Å². The highest BCUT2D eigenvalue weighted by Crippen LogP contribution is 2.26. The lowest BCUT2D eigenvalue weighted by Gasteiger charge is -2.33. The second-order valence-electron chi connectivity index (χ2n) is 5.36. The minimum Gasteiger partial charge on any atom is -0.379 e. The van der Waals surface area contributed by atoms with Crippen LogP contribution in [0, 0.1) is 5.82 Å². The van der Waals surface area contributed by atoms with E-state index in [1.54, 1.807) is 0 Å². The highest BCUT2D eigenvalue weighted by Gasteiger charge is 2.45. The van der Waals surface area contributed by atoms with Crippen molar-refractivity contribution in [3.8, 4) is 0 Å². The minimum atomic E-state index is -3.81. The van der Waals surface area contributed by atoms with Crippen molar-refractivity contribution in [3.63, 3.8) is 0 Å². The molecule has 0 radical (unpaired) electrons. The van der Waals surface area contributed by atoms with Gasteiger partial charge in [-0.3, -0.25) is 4.79 Å². The molecule has 0 saturated carbocycles. The van der Waals surface area contributed by atoms with E-state index in [2.05, 4.69) is 0 Å². The number of nitrogens with zero attached hydrogens (tertiary/aromatic N) is 1. The summed E-state index contributed by atoms with van der Waals surface area (Å²) in [6, 6.07) is 4.89. The molecule has 1 aromatic rings. The Kier molecular flexibility index (Phi) is 4.46. The number of carbonyl (C=O) groups is 1. The van der Waals surface area contributed by atoms with Crippen molar-refractivity contribution in [1.82, 2.24) is 4.31 Å². The fourth-order valence-electron chi connectivity index (χ4n) is 2.18. The van der Waals surface area contributed by atoms with Crippen molar-refractivity contribution in [2.24, 2.45) is 0 Å². The number of carbonyl (C=O) groups excluding carboxylic acids is 1. The maximum Gasteiger partial charge on any atom is 0.227 e. The zero-order valence-electron chi connectivity index (χ0n) is 12.0. The molecule has 21 heavy (non-hydrogen) atoms. The number of benzene rings is 1. The van der Waals surface area contributed by atoms with Gasteiger partial charge in [0.2, 0.25) is 10.0 Å². The van der Waals surface area contributed by atoms with Gasteiger partial charge in [0.1, 0.15) is 10.6 Å². The first-order chi connectivity index (χ1) is 9.76. The third kappa shape index (κ3) is 3.00. The number of morpholine rings is 1. The van der Waals surface area contributed by atoms with E-state index in [9.17, 15) is 17.6 Å². The number of ether oxygens (including phenoxy) is 1. The van der Waals surface area contributed by atoms with Crippen LogP contribution >= 0.6 is 0 Å². The summed E-state index contributed by atoms with van der Waals surface area (Å²) in [5.74, 6) is -1.02. The SMILES string of the molecule is CC(C)(C(=O)c1ccc(F)cc1)S(=O)(=O)N1CCOCC1. The average molecular weight is 315 g/mol. The minimum absolute atomic E-state index is 0.179. The molecule has 0 bridgehead atoms. The van der Waals surface area contributed by atoms with E-state index >= 15 is 0 Å². The molecule has 0 atom stereocenters.